The minimum absolute atomic E-state index is 0.0760. The van der Waals surface area contributed by atoms with Gasteiger partial charge in [-0.25, -0.2) is 17.5 Å². The van der Waals surface area contributed by atoms with Crippen LogP contribution < -0.4 is 10.5 Å². The maximum absolute atomic E-state index is 13.3. The summed E-state index contributed by atoms with van der Waals surface area (Å²) in [6.45, 7) is 1.50. The van der Waals surface area contributed by atoms with Gasteiger partial charge in [0, 0.05) is 12.1 Å². The largest absolute Gasteiger partial charge is 0.328 e. The summed E-state index contributed by atoms with van der Waals surface area (Å²) >= 11 is 5.85. The van der Waals surface area contributed by atoms with Crippen LogP contribution in [0.2, 0.25) is 5.02 Å². The molecule has 0 radical (unpaired) electrons. The Bertz CT molecular complexity index is 599. The van der Waals surface area contributed by atoms with Gasteiger partial charge in [-0.1, -0.05) is 11.6 Å². The Balaban J connectivity index is 2.20. The topological polar surface area (TPSA) is 72.2 Å². The summed E-state index contributed by atoms with van der Waals surface area (Å²) in [7, 11) is -3.74. The standard InChI is InChI=1S/C13H18ClFN2O2S/c1-8-6-13(11(14)7-12(8)15)20(18,19)17-10-4-2-9(16)3-5-10/h6-7,9-10,17H,2-5,16H2,1H3. The van der Waals surface area contributed by atoms with Crippen LogP contribution in [0, 0.1) is 12.7 Å². The number of nitrogens with two attached hydrogens (primary N) is 1. The van der Waals surface area contributed by atoms with Crippen LogP contribution in [0.5, 0.6) is 0 Å². The van der Waals surface area contributed by atoms with E-state index < -0.39 is 15.8 Å². The molecule has 1 aromatic rings. The predicted molar refractivity (Wildman–Crippen MR) is 76.7 cm³/mol. The number of hydrogen-bond donors (Lipinski definition) is 2. The van der Waals surface area contributed by atoms with Crippen molar-refractivity contribution in [2.24, 2.45) is 5.73 Å². The quantitative estimate of drug-likeness (QED) is 0.898. The van der Waals surface area contributed by atoms with Crippen molar-refractivity contribution < 1.29 is 12.8 Å². The van der Waals surface area contributed by atoms with E-state index in [0.717, 1.165) is 18.9 Å². The number of hydrogen-bond acceptors (Lipinski definition) is 3. The third-order valence-corrected chi connectivity index (χ3v) is 5.58. The van der Waals surface area contributed by atoms with E-state index in [9.17, 15) is 12.8 Å². The maximum atomic E-state index is 13.3. The van der Waals surface area contributed by atoms with Gasteiger partial charge >= 0.3 is 0 Å². The molecule has 0 heterocycles. The molecule has 112 valence electrons. The minimum atomic E-state index is -3.74. The normalized spacial score (nSPS) is 23.8. The molecule has 2 rings (SSSR count). The van der Waals surface area contributed by atoms with E-state index >= 15 is 0 Å². The van der Waals surface area contributed by atoms with Gasteiger partial charge in [-0.2, -0.15) is 0 Å². The van der Waals surface area contributed by atoms with Crippen molar-refractivity contribution >= 4 is 21.6 Å². The monoisotopic (exact) mass is 320 g/mol. The zero-order chi connectivity index (χ0) is 14.9. The fourth-order valence-electron chi connectivity index (χ4n) is 2.36. The Morgan fingerprint density at radius 2 is 1.90 bits per heavy atom. The average molecular weight is 321 g/mol. The van der Waals surface area contributed by atoms with Gasteiger partial charge in [0.05, 0.1) is 5.02 Å². The Morgan fingerprint density at radius 1 is 1.30 bits per heavy atom. The summed E-state index contributed by atoms with van der Waals surface area (Å²) in [6.07, 6.45) is 3.00. The number of sulfonamides is 1. The zero-order valence-electron chi connectivity index (χ0n) is 11.2. The molecule has 0 spiro atoms. The fourth-order valence-corrected chi connectivity index (χ4v) is 4.26. The fraction of sp³-hybridized carbons (Fsp3) is 0.538. The molecule has 1 aliphatic carbocycles. The van der Waals surface area contributed by atoms with Gasteiger partial charge in [-0.15, -0.1) is 0 Å². The molecular weight excluding hydrogens is 303 g/mol. The van der Waals surface area contributed by atoms with Crippen LogP contribution >= 0.6 is 11.6 Å². The van der Waals surface area contributed by atoms with E-state index in [-0.39, 0.29) is 27.6 Å². The smallest absolute Gasteiger partial charge is 0.242 e. The molecule has 1 aromatic carbocycles. The highest BCUT2D eigenvalue weighted by molar-refractivity contribution is 7.89. The molecule has 0 saturated heterocycles. The molecular formula is C13H18ClFN2O2S. The first kappa shape index (κ1) is 15.7. The van der Waals surface area contributed by atoms with Gasteiger partial charge in [0.15, 0.2) is 0 Å². The number of rotatable bonds is 3. The molecule has 0 aromatic heterocycles. The highest BCUT2D eigenvalue weighted by Gasteiger charge is 2.26. The highest BCUT2D eigenvalue weighted by atomic mass is 35.5. The van der Waals surface area contributed by atoms with Crippen molar-refractivity contribution in [2.75, 3.05) is 0 Å². The van der Waals surface area contributed by atoms with Gasteiger partial charge in [0.1, 0.15) is 10.7 Å². The predicted octanol–water partition coefficient (Wildman–Crippen LogP) is 2.34. The van der Waals surface area contributed by atoms with Crippen molar-refractivity contribution in [1.29, 1.82) is 0 Å². The molecule has 0 amide bonds. The van der Waals surface area contributed by atoms with Crippen molar-refractivity contribution in [3.63, 3.8) is 0 Å². The summed E-state index contributed by atoms with van der Waals surface area (Å²) in [4.78, 5) is -0.0760. The molecule has 1 saturated carbocycles. The SMILES string of the molecule is Cc1cc(S(=O)(=O)NC2CCC(N)CC2)c(Cl)cc1F. The molecule has 0 bridgehead atoms. The van der Waals surface area contributed by atoms with E-state index in [1.54, 1.807) is 0 Å². The number of aryl methyl sites for hydroxylation is 1. The number of halogens is 2. The Morgan fingerprint density at radius 3 is 2.50 bits per heavy atom. The lowest BCUT2D eigenvalue weighted by molar-refractivity contribution is 0.373. The zero-order valence-corrected chi connectivity index (χ0v) is 12.8. The molecule has 20 heavy (non-hydrogen) atoms. The summed E-state index contributed by atoms with van der Waals surface area (Å²) in [5, 5.41) is -0.104. The lowest BCUT2D eigenvalue weighted by Crippen LogP contribution is -2.40. The molecule has 1 aliphatic rings. The summed E-state index contributed by atoms with van der Waals surface area (Å²) in [5.74, 6) is -0.516. The van der Waals surface area contributed by atoms with Crippen molar-refractivity contribution in [1.82, 2.24) is 4.72 Å². The van der Waals surface area contributed by atoms with Gasteiger partial charge < -0.3 is 5.73 Å². The Labute approximate surface area is 123 Å². The van der Waals surface area contributed by atoms with Gasteiger partial charge in [-0.3, -0.25) is 0 Å². The molecule has 0 aliphatic heterocycles. The van der Waals surface area contributed by atoms with Crippen molar-refractivity contribution in [2.45, 2.75) is 49.6 Å². The minimum Gasteiger partial charge on any atom is -0.328 e. The molecule has 0 atom stereocenters. The van der Waals surface area contributed by atoms with Crippen LogP contribution in [0.4, 0.5) is 4.39 Å². The Kier molecular flexibility index (Phi) is 4.69. The van der Waals surface area contributed by atoms with Crippen LogP contribution in [-0.4, -0.2) is 20.5 Å². The van der Waals surface area contributed by atoms with E-state index in [4.69, 9.17) is 17.3 Å². The summed E-state index contributed by atoms with van der Waals surface area (Å²) < 4.78 is 40.6. The van der Waals surface area contributed by atoms with E-state index in [0.29, 0.717) is 12.8 Å². The van der Waals surface area contributed by atoms with Crippen molar-refractivity contribution in [3.05, 3.63) is 28.5 Å². The van der Waals surface area contributed by atoms with Gasteiger partial charge in [0.2, 0.25) is 10.0 Å². The lowest BCUT2D eigenvalue weighted by atomic mass is 9.93. The second-order valence-electron chi connectivity index (χ2n) is 5.26. The Hall–Kier alpha value is -0.690. The molecule has 0 unspecified atom stereocenters. The van der Waals surface area contributed by atoms with Crippen LogP contribution in [0.15, 0.2) is 17.0 Å². The highest BCUT2D eigenvalue weighted by Crippen LogP contribution is 2.26. The number of nitrogens with one attached hydrogen (secondary N) is 1. The lowest BCUT2D eigenvalue weighted by Gasteiger charge is -2.26. The second kappa shape index (κ2) is 5.97. The van der Waals surface area contributed by atoms with Crippen molar-refractivity contribution in [3.8, 4) is 0 Å². The number of benzene rings is 1. The average Bonchev–Trinajstić information content (AvgIpc) is 2.36. The van der Waals surface area contributed by atoms with Gasteiger partial charge in [0.25, 0.3) is 0 Å². The van der Waals surface area contributed by atoms with Crippen LogP contribution in [0.3, 0.4) is 0 Å². The third-order valence-electron chi connectivity index (χ3n) is 3.60. The molecule has 3 N–H and O–H groups in total. The summed E-state index contributed by atoms with van der Waals surface area (Å²) in [6, 6.07) is 2.30. The van der Waals surface area contributed by atoms with Crippen LogP contribution in [-0.2, 0) is 10.0 Å². The van der Waals surface area contributed by atoms with Gasteiger partial charge in [-0.05, 0) is 50.3 Å². The third kappa shape index (κ3) is 3.49. The first-order valence-electron chi connectivity index (χ1n) is 6.53. The van der Waals surface area contributed by atoms with Crippen LogP contribution in [0.1, 0.15) is 31.2 Å². The van der Waals surface area contributed by atoms with Crippen LogP contribution in [0.25, 0.3) is 0 Å². The van der Waals surface area contributed by atoms with E-state index in [1.807, 2.05) is 0 Å². The maximum Gasteiger partial charge on any atom is 0.242 e. The summed E-state index contributed by atoms with van der Waals surface area (Å²) in [5.41, 5.74) is 6.04. The van der Waals surface area contributed by atoms with E-state index in [1.165, 1.54) is 13.0 Å². The molecule has 7 heteroatoms. The molecule has 4 nitrogen and oxygen atoms in total. The first-order valence-corrected chi connectivity index (χ1v) is 8.39. The molecule has 1 fully saturated rings. The van der Waals surface area contributed by atoms with E-state index in [2.05, 4.69) is 4.72 Å². The second-order valence-corrected chi connectivity index (χ2v) is 7.35. The first-order chi connectivity index (χ1) is 9.29.